The van der Waals surface area contributed by atoms with E-state index in [1.807, 2.05) is 73.8 Å². The van der Waals surface area contributed by atoms with Gasteiger partial charge >= 0.3 is 0 Å². The first-order valence-electron chi connectivity index (χ1n) is 19.2. The van der Waals surface area contributed by atoms with Gasteiger partial charge in [0.2, 0.25) is 0 Å². The zero-order valence-electron chi connectivity index (χ0n) is 31.1. The number of ether oxygens (including phenoxy) is 1. The number of aryl methyl sites for hydroxylation is 1. The summed E-state index contributed by atoms with van der Waals surface area (Å²) in [6.07, 6.45) is 1.90. The summed E-state index contributed by atoms with van der Waals surface area (Å²) in [5.74, 6) is 3.40. The van der Waals surface area contributed by atoms with Gasteiger partial charge in [-0.15, -0.1) is 0 Å². The molecule has 0 saturated carbocycles. The van der Waals surface area contributed by atoms with E-state index in [0.717, 1.165) is 61.7 Å². The third-order valence-corrected chi connectivity index (χ3v) is 11.3. The minimum atomic E-state index is -0.681. The lowest BCUT2D eigenvalue weighted by Gasteiger charge is -2.40. The molecule has 2 aliphatic rings. The van der Waals surface area contributed by atoms with Gasteiger partial charge in [0.15, 0.2) is 17.5 Å². The second kappa shape index (κ2) is 13.1. The standard InChI is InChI=1S/C52H34N4O/c1-33-30-38(28-29-53-33)40-21-13-23-44-48(40)41-20-11-12-22-42(41)52(44)43-26-24-39(32-47(43)57-46-27-25-37(31-45(46)52)34-14-5-2-6-15-34)51-55-49(35-16-7-3-8-17-35)54-50(56-51)36-18-9-4-10-19-36/h2-32H,1H3. The van der Waals surface area contributed by atoms with Crippen LogP contribution in [-0.4, -0.2) is 19.9 Å². The summed E-state index contributed by atoms with van der Waals surface area (Å²) in [5.41, 5.74) is 14.7. The Hall–Kier alpha value is -7.50. The fourth-order valence-electron chi connectivity index (χ4n) is 8.84. The molecule has 0 bridgehead atoms. The molecule has 0 amide bonds. The minimum Gasteiger partial charge on any atom is -0.457 e. The molecule has 0 fully saturated rings. The molecular weight excluding hydrogens is 697 g/mol. The summed E-state index contributed by atoms with van der Waals surface area (Å²) in [5, 5.41) is 0. The molecule has 57 heavy (non-hydrogen) atoms. The van der Waals surface area contributed by atoms with E-state index in [1.165, 1.54) is 27.8 Å². The summed E-state index contributed by atoms with van der Waals surface area (Å²) >= 11 is 0. The third kappa shape index (κ3) is 5.24. The largest absolute Gasteiger partial charge is 0.457 e. The van der Waals surface area contributed by atoms with E-state index < -0.39 is 5.41 Å². The number of rotatable bonds is 5. The van der Waals surface area contributed by atoms with Crippen molar-refractivity contribution >= 4 is 0 Å². The molecule has 11 rings (SSSR count). The maximum atomic E-state index is 7.03. The van der Waals surface area contributed by atoms with Gasteiger partial charge < -0.3 is 4.74 Å². The van der Waals surface area contributed by atoms with Gasteiger partial charge in [-0.25, -0.2) is 15.0 Å². The lowest BCUT2D eigenvalue weighted by molar-refractivity contribution is 0.436. The molecule has 3 heterocycles. The molecule has 2 aromatic heterocycles. The van der Waals surface area contributed by atoms with Crippen molar-refractivity contribution < 1.29 is 4.74 Å². The molecule has 0 N–H and O–H groups in total. The van der Waals surface area contributed by atoms with Crippen LogP contribution in [0.3, 0.4) is 0 Å². The first-order chi connectivity index (χ1) is 28.1. The average Bonchev–Trinajstić information content (AvgIpc) is 3.57. The molecule has 1 aliphatic carbocycles. The molecule has 7 aromatic carbocycles. The number of hydrogen-bond acceptors (Lipinski definition) is 5. The third-order valence-electron chi connectivity index (χ3n) is 11.3. The Morgan fingerprint density at radius 2 is 0.982 bits per heavy atom. The number of nitrogens with zero attached hydrogens (tertiary/aromatic N) is 4. The topological polar surface area (TPSA) is 60.8 Å². The molecule has 5 heteroatoms. The van der Waals surface area contributed by atoms with Crippen LogP contribution in [0.4, 0.5) is 0 Å². The maximum absolute atomic E-state index is 7.03. The summed E-state index contributed by atoms with van der Waals surface area (Å²) in [7, 11) is 0. The molecule has 9 aromatic rings. The summed E-state index contributed by atoms with van der Waals surface area (Å²) in [4.78, 5) is 19.6. The second-order valence-electron chi connectivity index (χ2n) is 14.6. The minimum absolute atomic E-state index is 0.580. The van der Waals surface area contributed by atoms with Crippen molar-refractivity contribution in [2.45, 2.75) is 12.3 Å². The van der Waals surface area contributed by atoms with Gasteiger partial charge in [-0.1, -0.05) is 152 Å². The number of hydrogen-bond donors (Lipinski definition) is 0. The van der Waals surface area contributed by atoms with Crippen LogP contribution in [0.5, 0.6) is 11.5 Å². The van der Waals surface area contributed by atoms with Crippen LogP contribution in [0.15, 0.2) is 188 Å². The van der Waals surface area contributed by atoms with E-state index in [1.54, 1.807) is 0 Å². The fraction of sp³-hybridized carbons (Fsp3) is 0.0385. The number of pyridine rings is 1. The first-order valence-corrected chi connectivity index (χ1v) is 19.2. The number of benzene rings is 7. The average molecular weight is 731 g/mol. The monoisotopic (exact) mass is 730 g/mol. The van der Waals surface area contributed by atoms with E-state index >= 15 is 0 Å². The molecule has 1 atom stereocenters. The van der Waals surface area contributed by atoms with E-state index in [0.29, 0.717) is 17.5 Å². The van der Waals surface area contributed by atoms with Gasteiger partial charge in [0.25, 0.3) is 0 Å². The Morgan fingerprint density at radius 1 is 0.386 bits per heavy atom. The lowest BCUT2D eigenvalue weighted by Crippen LogP contribution is -2.32. The Labute approximate surface area is 331 Å². The smallest absolute Gasteiger partial charge is 0.164 e. The van der Waals surface area contributed by atoms with Gasteiger partial charge in [0, 0.05) is 39.7 Å². The predicted octanol–water partition coefficient (Wildman–Crippen LogP) is 12.4. The van der Waals surface area contributed by atoms with Gasteiger partial charge in [0.05, 0.1) is 5.41 Å². The van der Waals surface area contributed by atoms with Crippen molar-refractivity contribution in [2.24, 2.45) is 0 Å². The fourth-order valence-corrected chi connectivity index (χ4v) is 8.84. The zero-order valence-corrected chi connectivity index (χ0v) is 31.1. The van der Waals surface area contributed by atoms with Gasteiger partial charge in [-0.3, -0.25) is 4.98 Å². The van der Waals surface area contributed by atoms with Crippen LogP contribution >= 0.6 is 0 Å². The molecule has 0 radical (unpaired) electrons. The molecule has 5 nitrogen and oxygen atoms in total. The van der Waals surface area contributed by atoms with Crippen LogP contribution in [0.2, 0.25) is 0 Å². The normalized spacial score (nSPS) is 14.6. The van der Waals surface area contributed by atoms with Crippen molar-refractivity contribution in [3.05, 3.63) is 216 Å². The SMILES string of the molecule is Cc1cc(-c2cccc3c2-c2ccccc2C32c3ccc(-c4nc(-c5ccccc5)nc(-c5ccccc5)n4)cc3Oc3ccc(-c4ccccc4)cc32)ccn1. The van der Waals surface area contributed by atoms with Crippen LogP contribution in [0.1, 0.15) is 27.9 Å². The van der Waals surface area contributed by atoms with Gasteiger partial charge in [-0.05, 0) is 81.8 Å². The Kier molecular flexibility index (Phi) is 7.54. The number of fused-ring (bicyclic) bond motifs is 9. The summed E-state index contributed by atoms with van der Waals surface area (Å²) < 4.78 is 7.03. The van der Waals surface area contributed by atoms with Crippen molar-refractivity contribution in [3.63, 3.8) is 0 Å². The van der Waals surface area contributed by atoms with Gasteiger partial charge in [0.1, 0.15) is 11.5 Å². The summed E-state index contributed by atoms with van der Waals surface area (Å²) in [6, 6.07) is 63.8. The molecular formula is C52H34N4O. The van der Waals surface area contributed by atoms with E-state index in [9.17, 15) is 0 Å². The van der Waals surface area contributed by atoms with Crippen LogP contribution in [0, 0.1) is 6.92 Å². The maximum Gasteiger partial charge on any atom is 0.164 e. The molecule has 268 valence electrons. The quantitative estimate of drug-likeness (QED) is 0.176. The molecule has 1 unspecified atom stereocenters. The Balaban J connectivity index is 1.18. The van der Waals surface area contributed by atoms with Crippen LogP contribution in [-0.2, 0) is 5.41 Å². The lowest BCUT2D eigenvalue weighted by atomic mass is 9.65. The molecule has 0 saturated heterocycles. The Morgan fingerprint density at radius 3 is 1.68 bits per heavy atom. The highest BCUT2D eigenvalue weighted by Crippen LogP contribution is 2.64. The first kappa shape index (κ1) is 32.9. The van der Waals surface area contributed by atoms with E-state index in [2.05, 4.69) is 126 Å². The van der Waals surface area contributed by atoms with E-state index in [-0.39, 0.29) is 0 Å². The highest BCUT2D eigenvalue weighted by Gasteiger charge is 2.52. The van der Waals surface area contributed by atoms with Crippen molar-refractivity contribution in [1.29, 1.82) is 0 Å². The molecule has 1 aliphatic heterocycles. The second-order valence-corrected chi connectivity index (χ2v) is 14.6. The van der Waals surface area contributed by atoms with Crippen molar-refractivity contribution in [1.82, 2.24) is 19.9 Å². The van der Waals surface area contributed by atoms with E-state index in [4.69, 9.17) is 19.7 Å². The summed E-state index contributed by atoms with van der Waals surface area (Å²) in [6.45, 7) is 2.05. The highest BCUT2D eigenvalue weighted by molar-refractivity contribution is 5.97. The zero-order chi connectivity index (χ0) is 37.9. The van der Waals surface area contributed by atoms with Crippen LogP contribution < -0.4 is 4.74 Å². The van der Waals surface area contributed by atoms with Gasteiger partial charge in [-0.2, -0.15) is 0 Å². The molecule has 1 spiro atoms. The van der Waals surface area contributed by atoms with Crippen LogP contribution in [0.25, 0.3) is 67.5 Å². The highest BCUT2D eigenvalue weighted by atomic mass is 16.5. The Bertz CT molecular complexity index is 2940. The van der Waals surface area contributed by atoms with Crippen molar-refractivity contribution in [2.75, 3.05) is 0 Å². The van der Waals surface area contributed by atoms with Crippen molar-refractivity contribution in [3.8, 4) is 79.0 Å². The number of aromatic nitrogens is 4. The predicted molar refractivity (Wildman–Crippen MR) is 227 cm³/mol.